The van der Waals surface area contributed by atoms with Gasteiger partial charge in [-0.15, -0.1) is 0 Å². The third kappa shape index (κ3) is 3.46. The molecular formula is C16H14Cl2O5. The third-order valence-corrected chi connectivity index (χ3v) is 3.84. The number of halogens is 2. The first-order valence-electron chi connectivity index (χ1n) is 6.48. The molecule has 0 spiro atoms. The van der Waals surface area contributed by atoms with Crippen LogP contribution < -0.4 is 18.9 Å². The van der Waals surface area contributed by atoms with Gasteiger partial charge in [0.15, 0.2) is 17.2 Å². The van der Waals surface area contributed by atoms with Gasteiger partial charge in [0.05, 0.1) is 26.4 Å². The number of carbonyl (C=O) groups excluding carboxylic acids is 1. The third-order valence-electron chi connectivity index (χ3n) is 3.04. The van der Waals surface area contributed by atoms with Crippen molar-refractivity contribution in [2.24, 2.45) is 0 Å². The van der Waals surface area contributed by atoms with Gasteiger partial charge in [0.25, 0.3) is 0 Å². The van der Waals surface area contributed by atoms with Crippen molar-refractivity contribution in [3.05, 3.63) is 45.9 Å². The molecule has 7 heteroatoms. The molecule has 0 radical (unpaired) electrons. The molecule has 0 bridgehead atoms. The van der Waals surface area contributed by atoms with Gasteiger partial charge < -0.3 is 18.9 Å². The first-order valence-corrected chi connectivity index (χ1v) is 7.24. The average Bonchev–Trinajstić information content (AvgIpc) is 2.57. The Labute approximate surface area is 143 Å². The molecule has 0 unspecified atom stereocenters. The van der Waals surface area contributed by atoms with E-state index in [-0.39, 0.29) is 27.1 Å². The van der Waals surface area contributed by atoms with E-state index in [0.29, 0.717) is 11.5 Å². The number of benzene rings is 2. The maximum atomic E-state index is 12.4. The van der Waals surface area contributed by atoms with E-state index >= 15 is 0 Å². The summed E-state index contributed by atoms with van der Waals surface area (Å²) < 4.78 is 21.0. The molecule has 0 aliphatic heterocycles. The Bertz CT molecular complexity index is 731. The van der Waals surface area contributed by atoms with Crippen molar-refractivity contribution >= 4 is 29.2 Å². The van der Waals surface area contributed by atoms with Crippen molar-refractivity contribution in [2.75, 3.05) is 21.3 Å². The molecule has 122 valence electrons. The number of esters is 1. The van der Waals surface area contributed by atoms with Crippen molar-refractivity contribution in [1.29, 1.82) is 0 Å². The second kappa shape index (κ2) is 7.44. The molecule has 2 aromatic carbocycles. The zero-order chi connectivity index (χ0) is 17.0. The zero-order valence-corrected chi connectivity index (χ0v) is 14.2. The molecule has 0 heterocycles. The van der Waals surface area contributed by atoms with Crippen LogP contribution >= 0.6 is 23.2 Å². The van der Waals surface area contributed by atoms with Gasteiger partial charge >= 0.3 is 5.97 Å². The summed E-state index contributed by atoms with van der Waals surface area (Å²) in [6.07, 6.45) is 0. The van der Waals surface area contributed by atoms with Gasteiger partial charge in [0.2, 0.25) is 5.75 Å². The summed E-state index contributed by atoms with van der Waals surface area (Å²) in [5.74, 6) is 0.423. The van der Waals surface area contributed by atoms with Crippen molar-refractivity contribution in [1.82, 2.24) is 0 Å². The quantitative estimate of drug-likeness (QED) is 0.592. The van der Waals surface area contributed by atoms with Crippen LogP contribution in [0.3, 0.4) is 0 Å². The van der Waals surface area contributed by atoms with Crippen molar-refractivity contribution in [2.45, 2.75) is 0 Å². The SMILES string of the molecule is COc1ccc(C(=O)Oc2cccc(Cl)c2Cl)c(OC)c1OC. The molecule has 2 rings (SSSR count). The highest BCUT2D eigenvalue weighted by Crippen LogP contribution is 2.40. The summed E-state index contributed by atoms with van der Waals surface area (Å²) in [7, 11) is 4.35. The Kier molecular flexibility index (Phi) is 5.58. The number of rotatable bonds is 5. The summed E-state index contributed by atoms with van der Waals surface area (Å²) >= 11 is 11.9. The van der Waals surface area contributed by atoms with Gasteiger partial charge in [-0.25, -0.2) is 4.79 Å². The number of carbonyl (C=O) groups is 1. The Hall–Kier alpha value is -2.11. The molecule has 0 saturated heterocycles. The maximum absolute atomic E-state index is 12.4. The molecule has 2 aromatic rings. The van der Waals surface area contributed by atoms with Crippen LogP contribution in [0.1, 0.15) is 10.4 Å². The fourth-order valence-corrected chi connectivity index (χ4v) is 2.31. The molecule has 0 amide bonds. The maximum Gasteiger partial charge on any atom is 0.347 e. The van der Waals surface area contributed by atoms with Crippen LogP contribution in [-0.2, 0) is 0 Å². The number of ether oxygens (including phenoxy) is 4. The van der Waals surface area contributed by atoms with E-state index in [2.05, 4.69) is 0 Å². The second-order valence-electron chi connectivity index (χ2n) is 4.32. The average molecular weight is 357 g/mol. The van der Waals surface area contributed by atoms with Crippen LogP contribution in [0.2, 0.25) is 10.0 Å². The Morgan fingerprint density at radius 1 is 0.870 bits per heavy atom. The highest BCUT2D eigenvalue weighted by atomic mass is 35.5. The molecule has 0 aromatic heterocycles. The lowest BCUT2D eigenvalue weighted by molar-refractivity contribution is 0.0730. The predicted octanol–water partition coefficient (Wildman–Crippen LogP) is 4.24. The summed E-state index contributed by atoms with van der Waals surface area (Å²) in [6.45, 7) is 0. The number of hydrogen-bond donors (Lipinski definition) is 0. The summed E-state index contributed by atoms with van der Waals surface area (Å²) in [5.41, 5.74) is 0.168. The fourth-order valence-electron chi connectivity index (χ4n) is 1.98. The van der Waals surface area contributed by atoms with Gasteiger partial charge in [-0.05, 0) is 24.3 Å². The minimum Gasteiger partial charge on any atom is -0.493 e. The fraction of sp³-hybridized carbons (Fsp3) is 0.188. The van der Waals surface area contributed by atoms with Crippen LogP contribution in [0, 0.1) is 0 Å². The van der Waals surface area contributed by atoms with E-state index in [1.54, 1.807) is 24.3 Å². The van der Waals surface area contributed by atoms with E-state index in [4.69, 9.17) is 42.1 Å². The molecule has 0 N–H and O–H groups in total. The molecule has 0 atom stereocenters. The monoisotopic (exact) mass is 356 g/mol. The van der Waals surface area contributed by atoms with Crippen LogP contribution in [0.25, 0.3) is 0 Å². The highest BCUT2D eigenvalue weighted by Gasteiger charge is 2.23. The van der Waals surface area contributed by atoms with E-state index in [1.807, 2.05) is 0 Å². The van der Waals surface area contributed by atoms with Gasteiger partial charge in [-0.1, -0.05) is 29.3 Å². The lowest BCUT2D eigenvalue weighted by Crippen LogP contribution is -2.11. The summed E-state index contributed by atoms with van der Waals surface area (Å²) in [4.78, 5) is 12.4. The molecular weight excluding hydrogens is 343 g/mol. The van der Waals surface area contributed by atoms with E-state index < -0.39 is 5.97 Å². The molecule has 5 nitrogen and oxygen atoms in total. The van der Waals surface area contributed by atoms with Crippen LogP contribution in [0.15, 0.2) is 30.3 Å². The van der Waals surface area contributed by atoms with E-state index in [9.17, 15) is 4.79 Å². The molecule has 0 aliphatic carbocycles. The number of methoxy groups -OCH3 is 3. The summed E-state index contributed by atoms with van der Waals surface area (Å²) in [6, 6.07) is 7.86. The van der Waals surface area contributed by atoms with Gasteiger partial charge in [-0.2, -0.15) is 0 Å². The lowest BCUT2D eigenvalue weighted by atomic mass is 10.1. The van der Waals surface area contributed by atoms with E-state index in [0.717, 1.165) is 0 Å². The Morgan fingerprint density at radius 2 is 1.57 bits per heavy atom. The Balaban J connectivity index is 2.41. The topological polar surface area (TPSA) is 54.0 Å². The van der Waals surface area contributed by atoms with Crippen molar-refractivity contribution in [3.63, 3.8) is 0 Å². The van der Waals surface area contributed by atoms with Crippen molar-refractivity contribution in [3.8, 4) is 23.0 Å². The van der Waals surface area contributed by atoms with Gasteiger partial charge in [0, 0.05) is 0 Å². The van der Waals surface area contributed by atoms with E-state index in [1.165, 1.54) is 27.4 Å². The Morgan fingerprint density at radius 3 is 2.17 bits per heavy atom. The molecule has 0 aliphatic rings. The molecule has 0 fully saturated rings. The number of hydrogen-bond acceptors (Lipinski definition) is 5. The van der Waals surface area contributed by atoms with Gasteiger partial charge in [0.1, 0.15) is 10.6 Å². The zero-order valence-electron chi connectivity index (χ0n) is 12.7. The second-order valence-corrected chi connectivity index (χ2v) is 5.11. The minimum atomic E-state index is -0.660. The predicted molar refractivity (Wildman–Crippen MR) is 87.5 cm³/mol. The van der Waals surface area contributed by atoms with Crippen LogP contribution in [0.5, 0.6) is 23.0 Å². The van der Waals surface area contributed by atoms with Gasteiger partial charge in [-0.3, -0.25) is 0 Å². The van der Waals surface area contributed by atoms with Crippen LogP contribution in [0.4, 0.5) is 0 Å². The first kappa shape index (κ1) is 17.2. The minimum absolute atomic E-state index is 0.154. The highest BCUT2D eigenvalue weighted by molar-refractivity contribution is 6.43. The lowest BCUT2D eigenvalue weighted by Gasteiger charge is -2.15. The largest absolute Gasteiger partial charge is 0.493 e. The van der Waals surface area contributed by atoms with Crippen molar-refractivity contribution < 1.29 is 23.7 Å². The first-order chi connectivity index (χ1) is 11.0. The molecule has 23 heavy (non-hydrogen) atoms. The van der Waals surface area contributed by atoms with Crippen LogP contribution in [-0.4, -0.2) is 27.3 Å². The summed E-state index contributed by atoms with van der Waals surface area (Å²) in [5, 5.41) is 0.443. The normalized spacial score (nSPS) is 10.1. The standard InChI is InChI=1S/C16H14Cl2O5/c1-20-12-8-7-9(14(21-2)15(12)22-3)16(19)23-11-6-4-5-10(17)13(11)18/h4-8H,1-3H3. The smallest absolute Gasteiger partial charge is 0.347 e. The molecule has 0 saturated carbocycles.